The molecular formula is C17H15F2NO4. The summed E-state index contributed by atoms with van der Waals surface area (Å²) in [4.78, 5) is 12.2. The minimum absolute atomic E-state index is 0.0962. The Hall–Kier alpha value is -2.67. The average molecular weight is 335 g/mol. The summed E-state index contributed by atoms with van der Waals surface area (Å²) in [7, 11) is 0. The number of benzene rings is 2. The van der Waals surface area contributed by atoms with Crippen molar-refractivity contribution in [2.24, 2.45) is 0 Å². The zero-order valence-corrected chi connectivity index (χ0v) is 12.8. The first kappa shape index (κ1) is 16.2. The highest BCUT2D eigenvalue weighted by molar-refractivity contribution is 5.95. The molecule has 0 saturated carbocycles. The van der Waals surface area contributed by atoms with Gasteiger partial charge in [0.05, 0.1) is 6.54 Å². The van der Waals surface area contributed by atoms with E-state index in [0.717, 1.165) is 12.1 Å². The molecule has 1 aliphatic rings. The van der Waals surface area contributed by atoms with Gasteiger partial charge in [-0.05, 0) is 31.2 Å². The molecule has 0 fully saturated rings. The number of fused-ring (bicyclic) bond motifs is 1. The Morgan fingerprint density at radius 3 is 2.71 bits per heavy atom. The van der Waals surface area contributed by atoms with Crippen LogP contribution in [0.2, 0.25) is 0 Å². The Morgan fingerprint density at radius 2 is 1.96 bits per heavy atom. The van der Waals surface area contributed by atoms with Gasteiger partial charge in [0.25, 0.3) is 5.91 Å². The zero-order valence-electron chi connectivity index (χ0n) is 12.8. The fraction of sp³-hybridized carbons (Fsp3) is 0.235. The first-order chi connectivity index (χ1) is 11.4. The number of aliphatic hydroxyl groups is 1. The molecule has 1 unspecified atom stereocenters. The topological polar surface area (TPSA) is 67.8 Å². The Bertz CT molecular complexity index is 792. The van der Waals surface area contributed by atoms with Crippen molar-refractivity contribution in [2.75, 3.05) is 13.3 Å². The predicted molar refractivity (Wildman–Crippen MR) is 80.8 cm³/mol. The Kier molecular flexibility index (Phi) is 4.11. The molecule has 0 spiro atoms. The summed E-state index contributed by atoms with van der Waals surface area (Å²) in [5, 5.41) is 12.9. The maximum absolute atomic E-state index is 13.8. The molecule has 1 heterocycles. The van der Waals surface area contributed by atoms with Crippen LogP contribution < -0.4 is 14.8 Å². The normalized spacial score (nSPS) is 15.0. The van der Waals surface area contributed by atoms with Crippen molar-refractivity contribution < 1.29 is 28.2 Å². The van der Waals surface area contributed by atoms with Crippen LogP contribution >= 0.6 is 0 Å². The van der Waals surface area contributed by atoms with Gasteiger partial charge in [0, 0.05) is 17.2 Å². The molecule has 0 aromatic heterocycles. The van der Waals surface area contributed by atoms with E-state index in [4.69, 9.17) is 9.47 Å². The van der Waals surface area contributed by atoms with Crippen LogP contribution in [-0.4, -0.2) is 24.4 Å². The van der Waals surface area contributed by atoms with E-state index in [9.17, 15) is 18.7 Å². The molecule has 24 heavy (non-hydrogen) atoms. The van der Waals surface area contributed by atoms with Gasteiger partial charge in [0.1, 0.15) is 17.2 Å². The molecule has 1 atom stereocenters. The zero-order chi connectivity index (χ0) is 17.3. The molecule has 0 aliphatic carbocycles. The molecule has 0 bridgehead atoms. The number of halogens is 2. The third-order valence-corrected chi connectivity index (χ3v) is 3.74. The van der Waals surface area contributed by atoms with E-state index in [2.05, 4.69) is 5.32 Å². The molecule has 2 aromatic rings. The Balaban J connectivity index is 1.71. The smallest absolute Gasteiger partial charge is 0.251 e. The van der Waals surface area contributed by atoms with Gasteiger partial charge in [-0.15, -0.1) is 0 Å². The van der Waals surface area contributed by atoms with Crippen LogP contribution in [0, 0.1) is 11.6 Å². The summed E-state index contributed by atoms with van der Waals surface area (Å²) in [5.74, 6) is -1.07. The molecule has 1 amide bonds. The summed E-state index contributed by atoms with van der Waals surface area (Å²) in [5.41, 5.74) is -1.48. The maximum atomic E-state index is 13.8. The lowest BCUT2D eigenvalue weighted by Crippen LogP contribution is -2.39. The monoisotopic (exact) mass is 335 g/mol. The summed E-state index contributed by atoms with van der Waals surface area (Å²) < 4.78 is 37.1. The number of carbonyl (C=O) groups excluding carboxylic acids is 1. The summed E-state index contributed by atoms with van der Waals surface area (Å²) in [6, 6.07) is 7.56. The Morgan fingerprint density at radius 1 is 1.21 bits per heavy atom. The van der Waals surface area contributed by atoms with Crippen molar-refractivity contribution >= 4 is 5.91 Å². The number of nitrogens with one attached hydrogen (secondary N) is 1. The molecule has 5 nitrogen and oxygen atoms in total. The minimum atomic E-state index is -1.69. The van der Waals surface area contributed by atoms with Gasteiger partial charge in [-0.3, -0.25) is 4.79 Å². The molecule has 2 N–H and O–H groups in total. The highest BCUT2D eigenvalue weighted by Crippen LogP contribution is 2.32. The SMILES string of the molecule is CC(O)(CNC(=O)c1ccc2c(c1)OCO2)c1ccc(F)cc1F. The molecule has 3 rings (SSSR count). The van der Waals surface area contributed by atoms with Crippen molar-refractivity contribution in [3.63, 3.8) is 0 Å². The van der Waals surface area contributed by atoms with E-state index in [0.29, 0.717) is 23.1 Å². The van der Waals surface area contributed by atoms with Crippen molar-refractivity contribution in [3.8, 4) is 11.5 Å². The first-order valence-electron chi connectivity index (χ1n) is 7.22. The minimum Gasteiger partial charge on any atom is -0.454 e. The largest absolute Gasteiger partial charge is 0.454 e. The average Bonchev–Trinajstić information content (AvgIpc) is 2.99. The lowest BCUT2D eigenvalue weighted by Gasteiger charge is -2.24. The van der Waals surface area contributed by atoms with Crippen LogP contribution in [-0.2, 0) is 5.60 Å². The fourth-order valence-electron chi connectivity index (χ4n) is 2.41. The lowest BCUT2D eigenvalue weighted by molar-refractivity contribution is 0.0494. The van der Waals surface area contributed by atoms with Crippen molar-refractivity contribution in [1.29, 1.82) is 0 Å². The summed E-state index contributed by atoms with van der Waals surface area (Å²) in [6.07, 6.45) is 0. The fourth-order valence-corrected chi connectivity index (χ4v) is 2.41. The quantitative estimate of drug-likeness (QED) is 0.900. The van der Waals surface area contributed by atoms with Crippen LogP contribution in [0.1, 0.15) is 22.8 Å². The highest BCUT2D eigenvalue weighted by Gasteiger charge is 2.28. The van der Waals surface area contributed by atoms with Gasteiger partial charge < -0.3 is 19.9 Å². The van der Waals surface area contributed by atoms with E-state index in [1.165, 1.54) is 13.0 Å². The van der Waals surface area contributed by atoms with Gasteiger partial charge in [-0.2, -0.15) is 0 Å². The second kappa shape index (κ2) is 6.09. The summed E-state index contributed by atoms with van der Waals surface area (Å²) in [6.45, 7) is 1.19. The van der Waals surface area contributed by atoms with Gasteiger partial charge >= 0.3 is 0 Å². The standard InChI is InChI=1S/C17H15F2NO4/c1-17(22,12-4-3-11(18)7-13(12)19)8-20-16(21)10-2-5-14-15(6-10)24-9-23-14/h2-7,22H,8-9H2,1H3,(H,20,21). The lowest BCUT2D eigenvalue weighted by atomic mass is 9.95. The van der Waals surface area contributed by atoms with E-state index in [-0.39, 0.29) is 18.9 Å². The molecule has 126 valence electrons. The molecule has 2 aromatic carbocycles. The molecule has 0 saturated heterocycles. The van der Waals surface area contributed by atoms with E-state index in [1.807, 2.05) is 0 Å². The molecule has 7 heteroatoms. The molecule has 0 radical (unpaired) electrons. The van der Waals surface area contributed by atoms with E-state index >= 15 is 0 Å². The highest BCUT2D eigenvalue weighted by atomic mass is 19.1. The van der Waals surface area contributed by atoms with Gasteiger partial charge in [-0.1, -0.05) is 6.07 Å². The van der Waals surface area contributed by atoms with Crippen LogP contribution in [0.4, 0.5) is 8.78 Å². The second-order valence-electron chi connectivity index (χ2n) is 5.65. The van der Waals surface area contributed by atoms with Crippen molar-refractivity contribution in [1.82, 2.24) is 5.32 Å². The number of carbonyl (C=O) groups is 1. The summed E-state index contributed by atoms with van der Waals surface area (Å²) >= 11 is 0. The van der Waals surface area contributed by atoms with Crippen LogP contribution in [0.15, 0.2) is 36.4 Å². The number of hydrogen-bond acceptors (Lipinski definition) is 4. The number of amides is 1. The predicted octanol–water partition coefficient (Wildman–Crippen LogP) is 2.33. The maximum Gasteiger partial charge on any atom is 0.251 e. The number of hydrogen-bond donors (Lipinski definition) is 2. The van der Waals surface area contributed by atoms with Gasteiger partial charge in [0.15, 0.2) is 11.5 Å². The third-order valence-electron chi connectivity index (χ3n) is 3.74. The van der Waals surface area contributed by atoms with Crippen LogP contribution in [0.3, 0.4) is 0 Å². The van der Waals surface area contributed by atoms with Crippen LogP contribution in [0.5, 0.6) is 11.5 Å². The van der Waals surface area contributed by atoms with Crippen molar-refractivity contribution in [3.05, 3.63) is 59.2 Å². The van der Waals surface area contributed by atoms with Crippen molar-refractivity contribution in [2.45, 2.75) is 12.5 Å². The Labute approximate surface area is 136 Å². The first-order valence-corrected chi connectivity index (χ1v) is 7.22. The third kappa shape index (κ3) is 3.16. The van der Waals surface area contributed by atoms with E-state index < -0.39 is 23.1 Å². The van der Waals surface area contributed by atoms with E-state index in [1.54, 1.807) is 12.1 Å². The molecular weight excluding hydrogens is 320 g/mol. The van der Waals surface area contributed by atoms with Crippen LogP contribution in [0.25, 0.3) is 0 Å². The number of rotatable bonds is 4. The second-order valence-corrected chi connectivity index (χ2v) is 5.65. The number of ether oxygens (including phenoxy) is 2. The van der Waals surface area contributed by atoms with Gasteiger partial charge in [-0.25, -0.2) is 8.78 Å². The molecule has 1 aliphatic heterocycles. The van der Waals surface area contributed by atoms with Gasteiger partial charge in [0.2, 0.25) is 6.79 Å².